The van der Waals surface area contributed by atoms with E-state index >= 15 is 0 Å². The molecular weight excluding hydrogens is 168 g/mol. The van der Waals surface area contributed by atoms with Gasteiger partial charge in [0.2, 0.25) is 0 Å². The highest BCUT2D eigenvalue weighted by molar-refractivity contribution is 5.71. The first-order valence-corrected chi connectivity index (χ1v) is 4.74. The number of hydrogen-bond acceptors (Lipinski definition) is 2. The summed E-state index contributed by atoms with van der Waals surface area (Å²) < 4.78 is 5.42. The molecule has 0 bridgehead atoms. The van der Waals surface area contributed by atoms with Gasteiger partial charge in [-0.05, 0) is 18.3 Å². The molecule has 0 spiro atoms. The Bertz CT molecular complexity index is 193. The summed E-state index contributed by atoms with van der Waals surface area (Å²) in [7, 11) is 0. The van der Waals surface area contributed by atoms with Gasteiger partial charge in [-0.2, -0.15) is 0 Å². The summed E-state index contributed by atoms with van der Waals surface area (Å²) in [6, 6.07) is 0. The van der Waals surface area contributed by atoms with Gasteiger partial charge in [-0.1, -0.05) is 20.8 Å². The van der Waals surface area contributed by atoms with E-state index in [2.05, 4.69) is 20.8 Å². The fourth-order valence-corrected chi connectivity index (χ4v) is 1.74. The second-order valence-electron chi connectivity index (χ2n) is 4.91. The minimum Gasteiger partial charge on any atom is -0.481 e. The van der Waals surface area contributed by atoms with Crippen LogP contribution in [0.2, 0.25) is 0 Å². The Balaban J connectivity index is 2.54. The van der Waals surface area contributed by atoms with Gasteiger partial charge in [0.15, 0.2) is 0 Å². The molecule has 3 nitrogen and oxygen atoms in total. The lowest BCUT2D eigenvalue weighted by atomic mass is 9.85. The molecule has 1 N–H and O–H groups in total. The van der Waals surface area contributed by atoms with Crippen LogP contribution in [0, 0.1) is 11.3 Å². The zero-order chi connectivity index (χ0) is 10.1. The zero-order valence-corrected chi connectivity index (χ0v) is 8.54. The van der Waals surface area contributed by atoms with Crippen LogP contribution in [0.15, 0.2) is 0 Å². The molecule has 0 radical (unpaired) electrons. The molecule has 1 rings (SSSR count). The molecule has 1 aliphatic heterocycles. The van der Waals surface area contributed by atoms with Crippen LogP contribution in [-0.2, 0) is 9.53 Å². The lowest BCUT2D eigenvalue weighted by Crippen LogP contribution is -2.28. The van der Waals surface area contributed by atoms with Gasteiger partial charge in [0, 0.05) is 6.61 Å². The topological polar surface area (TPSA) is 46.5 Å². The first-order chi connectivity index (χ1) is 5.90. The van der Waals surface area contributed by atoms with E-state index in [1.165, 1.54) is 0 Å². The molecule has 0 aliphatic carbocycles. The highest BCUT2D eigenvalue weighted by Gasteiger charge is 2.36. The summed E-state index contributed by atoms with van der Waals surface area (Å²) in [4.78, 5) is 10.8. The summed E-state index contributed by atoms with van der Waals surface area (Å²) in [5, 5.41) is 8.90. The fourth-order valence-electron chi connectivity index (χ4n) is 1.74. The third-order valence-electron chi connectivity index (χ3n) is 2.34. The molecule has 0 saturated carbocycles. The van der Waals surface area contributed by atoms with Crippen LogP contribution in [-0.4, -0.2) is 23.8 Å². The smallest absolute Gasteiger partial charge is 0.309 e. The van der Waals surface area contributed by atoms with E-state index in [4.69, 9.17) is 9.84 Å². The van der Waals surface area contributed by atoms with Gasteiger partial charge in [0.1, 0.15) is 0 Å². The quantitative estimate of drug-likeness (QED) is 0.716. The van der Waals surface area contributed by atoms with Crippen molar-refractivity contribution in [2.75, 3.05) is 6.61 Å². The van der Waals surface area contributed by atoms with Crippen LogP contribution in [0.4, 0.5) is 0 Å². The molecule has 76 valence electrons. The van der Waals surface area contributed by atoms with E-state index in [9.17, 15) is 4.79 Å². The number of carboxylic acid groups (broad SMARTS) is 1. The molecule has 3 heteroatoms. The van der Waals surface area contributed by atoms with Crippen molar-refractivity contribution in [3.63, 3.8) is 0 Å². The predicted molar refractivity (Wildman–Crippen MR) is 49.6 cm³/mol. The number of rotatable bonds is 2. The van der Waals surface area contributed by atoms with Crippen molar-refractivity contribution in [1.29, 1.82) is 0 Å². The predicted octanol–water partition coefficient (Wildman–Crippen LogP) is 1.91. The molecule has 0 aromatic heterocycles. The third kappa shape index (κ3) is 2.99. The van der Waals surface area contributed by atoms with Crippen molar-refractivity contribution in [2.45, 2.75) is 39.7 Å². The molecule has 1 heterocycles. The molecule has 2 unspecified atom stereocenters. The number of hydrogen-bond donors (Lipinski definition) is 1. The molecule has 1 saturated heterocycles. The van der Waals surface area contributed by atoms with Crippen LogP contribution in [0.3, 0.4) is 0 Å². The summed E-state index contributed by atoms with van der Waals surface area (Å²) in [5.41, 5.74) is 0.142. The number of aliphatic carboxylic acids is 1. The number of carboxylic acids is 1. The maximum atomic E-state index is 10.8. The van der Waals surface area contributed by atoms with Crippen molar-refractivity contribution in [3.05, 3.63) is 0 Å². The normalized spacial score (nSPS) is 29.2. The largest absolute Gasteiger partial charge is 0.481 e. The highest BCUT2D eigenvalue weighted by Crippen LogP contribution is 2.31. The Hall–Kier alpha value is -0.570. The van der Waals surface area contributed by atoms with E-state index < -0.39 is 5.97 Å². The third-order valence-corrected chi connectivity index (χ3v) is 2.34. The monoisotopic (exact) mass is 186 g/mol. The maximum Gasteiger partial charge on any atom is 0.309 e. The van der Waals surface area contributed by atoms with Crippen LogP contribution < -0.4 is 0 Å². The fraction of sp³-hybridized carbons (Fsp3) is 0.900. The van der Waals surface area contributed by atoms with Gasteiger partial charge >= 0.3 is 5.97 Å². The minimum absolute atomic E-state index is 0.0856. The van der Waals surface area contributed by atoms with Gasteiger partial charge in [-0.15, -0.1) is 0 Å². The van der Waals surface area contributed by atoms with Gasteiger partial charge < -0.3 is 9.84 Å². The van der Waals surface area contributed by atoms with Gasteiger partial charge in [0.05, 0.1) is 12.0 Å². The molecule has 1 fully saturated rings. The molecule has 1 aliphatic rings. The van der Waals surface area contributed by atoms with E-state index in [1.807, 2.05) is 0 Å². The molecule has 2 atom stereocenters. The molecular formula is C10H18O3. The lowest BCUT2D eigenvalue weighted by Gasteiger charge is -2.24. The Morgan fingerprint density at radius 3 is 2.62 bits per heavy atom. The lowest BCUT2D eigenvalue weighted by molar-refractivity contribution is -0.144. The van der Waals surface area contributed by atoms with E-state index in [-0.39, 0.29) is 17.4 Å². The Kier molecular flexibility index (Phi) is 2.96. The second kappa shape index (κ2) is 3.66. The van der Waals surface area contributed by atoms with Gasteiger partial charge in [-0.25, -0.2) is 0 Å². The standard InChI is InChI=1S/C10H18O3/c1-10(2,3)6-8-7(9(11)12)4-5-13-8/h7-8H,4-6H2,1-3H3,(H,11,12). The second-order valence-corrected chi connectivity index (χ2v) is 4.91. The first-order valence-electron chi connectivity index (χ1n) is 4.74. The first kappa shape index (κ1) is 10.5. The van der Waals surface area contributed by atoms with Crippen molar-refractivity contribution >= 4 is 5.97 Å². The highest BCUT2D eigenvalue weighted by atomic mass is 16.5. The number of ether oxygens (including phenoxy) is 1. The molecule has 0 aromatic rings. The van der Waals surface area contributed by atoms with Gasteiger partial charge in [-0.3, -0.25) is 4.79 Å². The number of carbonyl (C=O) groups is 1. The van der Waals surface area contributed by atoms with Crippen LogP contribution in [0.25, 0.3) is 0 Å². The Morgan fingerprint density at radius 1 is 1.54 bits per heavy atom. The Labute approximate surface area is 79.1 Å². The van der Waals surface area contributed by atoms with E-state index in [0.717, 1.165) is 6.42 Å². The average molecular weight is 186 g/mol. The van der Waals surface area contributed by atoms with Crippen molar-refractivity contribution < 1.29 is 14.6 Å². The van der Waals surface area contributed by atoms with Crippen molar-refractivity contribution in [3.8, 4) is 0 Å². The Morgan fingerprint density at radius 2 is 2.15 bits per heavy atom. The van der Waals surface area contributed by atoms with E-state index in [0.29, 0.717) is 13.0 Å². The molecule has 13 heavy (non-hydrogen) atoms. The van der Waals surface area contributed by atoms with Crippen molar-refractivity contribution in [1.82, 2.24) is 0 Å². The SMILES string of the molecule is CC(C)(C)CC1OCCC1C(=O)O. The maximum absolute atomic E-state index is 10.8. The van der Waals surface area contributed by atoms with Gasteiger partial charge in [0.25, 0.3) is 0 Å². The zero-order valence-electron chi connectivity index (χ0n) is 8.54. The summed E-state index contributed by atoms with van der Waals surface area (Å²) in [6.07, 6.45) is 1.40. The van der Waals surface area contributed by atoms with Crippen LogP contribution >= 0.6 is 0 Å². The average Bonchev–Trinajstić information content (AvgIpc) is 2.31. The summed E-state index contributed by atoms with van der Waals surface area (Å²) in [5.74, 6) is -1.01. The van der Waals surface area contributed by atoms with E-state index in [1.54, 1.807) is 0 Å². The summed E-state index contributed by atoms with van der Waals surface area (Å²) >= 11 is 0. The summed E-state index contributed by atoms with van der Waals surface area (Å²) in [6.45, 7) is 6.91. The van der Waals surface area contributed by atoms with Crippen LogP contribution in [0.1, 0.15) is 33.6 Å². The molecule has 0 amide bonds. The molecule has 0 aromatic carbocycles. The minimum atomic E-state index is -0.716. The van der Waals surface area contributed by atoms with Crippen LogP contribution in [0.5, 0.6) is 0 Å². The van der Waals surface area contributed by atoms with Crippen molar-refractivity contribution in [2.24, 2.45) is 11.3 Å².